The van der Waals surface area contributed by atoms with E-state index >= 15 is 0 Å². The van der Waals surface area contributed by atoms with E-state index in [1.165, 1.54) is 12.8 Å². The molecule has 2 nitrogen and oxygen atoms in total. The van der Waals surface area contributed by atoms with Crippen molar-refractivity contribution in [3.63, 3.8) is 0 Å². The van der Waals surface area contributed by atoms with Crippen molar-refractivity contribution < 1.29 is 4.39 Å². The summed E-state index contributed by atoms with van der Waals surface area (Å²) in [4.78, 5) is 2.16. The zero-order valence-corrected chi connectivity index (χ0v) is 12.2. The van der Waals surface area contributed by atoms with Gasteiger partial charge in [-0.2, -0.15) is 0 Å². The van der Waals surface area contributed by atoms with Gasteiger partial charge in [0.05, 0.1) is 10.7 Å². The number of hydrogen-bond donors (Lipinski definition) is 1. The smallest absolute Gasteiger partial charge is 0.165 e. The molecule has 3 rings (SSSR count). The lowest BCUT2D eigenvalue weighted by Crippen LogP contribution is -2.63. The Morgan fingerprint density at radius 3 is 2.84 bits per heavy atom. The van der Waals surface area contributed by atoms with Gasteiger partial charge in [0.25, 0.3) is 0 Å². The second-order valence-corrected chi connectivity index (χ2v) is 6.53. The van der Waals surface area contributed by atoms with Crippen LogP contribution in [-0.2, 0) is 0 Å². The number of rotatable bonds is 2. The van der Waals surface area contributed by atoms with Gasteiger partial charge in [-0.1, -0.05) is 17.7 Å². The van der Waals surface area contributed by atoms with Gasteiger partial charge in [-0.05, 0) is 44.7 Å². The third-order valence-electron chi connectivity index (χ3n) is 4.55. The summed E-state index contributed by atoms with van der Waals surface area (Å²) >= 11 is 5.91. The SMILES string of the molecule is CC1CNC(C)(C2CC2)CN1c1cccc(Cl)c1F. The Kier molecular flexibility index (Phi) is 3.22. The van der Waals surface area contributed by atoms with Gasteiger partial charge in [0.2, 0.25) is 0 Å². The summed E-state index contributed by atoms with van der Waals surface area (Å²) in [5, 5.41) is 3.85. The Balaban J connectivity index is 1.91. The van der Waals surface area contributed by atoms with Crippen LogP contribution in [0.1, 0.15) is 26.7 Å². The standard InChI is InChI=1S/C15H20ClFN2/c1-10-8-18-15(2,11-6-7-11)9-19(10)13-5-3-4-12(16)14(13)17/h3-5,10-11,18H,6-9H2,1-2H3. The highest BCUT2D eigenvalue weighted by molar-refractivity contribution is 6.31. The third kappa shape index (κ3) is 2.34. The van der Waals surface area contributed by atoms with Crippen LogP contribution in [-0.4, -0.2) is 24.7 Å². The van der Waals surface area contributed by atoms with E-state index in [-0.39, 0.29) is 22.4 Å². The molecule has 1 aromatic carbocycles. The molecule has 2 aliphatic rings. The van der Waals surface area contributed by atoms with Crippen molar-refractivity contribution in [1.29, 1.82) is 0 Å². The van der Waals surface area contributed by atoms with Crippen LogP contribution in [0.25, 0.3) is 0 Å². The van der Waals surface area contributed by atoms with Crippen molar-refractivity contribution in [1.82, 2.24) is 5.32 Å². The Morgan fingerprint density at radius 1 is 1.42 bits per heavy atom. The van der Waals surface area contributed by atoms with Crippen LogP contribution in [0.3, 0.4) is 0 Å². The van der Waals surface area contributed by atoms with Crippen LogP contribution in [0.2, 0.25) is 5.02 Å². The molecule has 1 aliphatic heterocycles. The molecule has 2 fully saturated rings. The summed E-state index contributed by atoms with van der Waals surface area (Å²) in [6.45, 7) is 6.11. The molecule has 0 aromatic heterocycles. The first-order valence-electron chi connectivity index (χ1n) is 6.97. The summed E-state index contributed by atoms with van der Waals surface area (Å²) in [5.41, 5.74) is 0.731. The van der Waals surface area contributed by atoms with E-state index < -0.39 is 0 Å². The number of halogens is 2. The maximum atomic E-state index is 14.2. The van der Waals surface area contributed by atoms with Crippen LogP contribution in [0.5, 0.6) is 0 Å². The molecule has 1 saturated carbocycles. The minimum atomic E-state index is -0.295. The molecule has 2 atom stereocenters. The van der Waals surface area contributed by atoms with Crippen molar-refractivity contribution >= 4 is 17.3 Å². The van der Waals surface area contributed by atoms with E-state index in [9.17, 15) is 4.39 Å². The second-order valence-electron chi connectivity index (χ2n) is 6.12. The Morgan fingerprint density at radius 2 is 2.16 bits per heavy atom. The fourth-order valence-electron chi connectivity index (χ4n) is 3.09. The van der Waals surface area contributed by atoms with Crippen molar-refractivity contribution in [2.75, 3.05) is 18.0 Å². The number of piperazine rings is 1. The second kappa shape index (κ2) is 4.64. The van der Waals surface area contributed by atoms with Crippen LogP contribution in [0, 0.1) is 11.7 Å². The van der Waals surface area contributed by atoms with Crippen molar-refractivity contribution in [3.05, 3.63) is 29.0 Å². The monoisotopic (exact) mass is 282 g/mol. The summed E-state index contributed by atoms with van der Waals surface area (Å²) in [6, 6.07) is 5.54. The first-order chi connectivity index (χ1) is 9.01. The van der Waals surface area contributed by atoms with E-state index in [1.54, 1.807) is 6.07 Å². The minimum absolute atomic E-state index is 0.0985. The quantitative estimate of drug-likeness (QED) is 0.894. The number of nitrogens with zero attached hydrogens (tertiary/aromatic N) is 1. The lowest BCUT2D eigenvalue weighted by Gasteiger charge is -2.47. The third-order valence-corrected chi connectivity index (χ3v) is 4.84. The minimum Gasteiger partial charge on any atom is -0.363 e. The summed E-state index contributed by atoms with van der Waals surface area (Å²) in [6.07, 6.45) is 2.56. The first-order valence-corrected chi connectivity index (χ1v) is 7.35. The fraction of sp³-hybridized carbons (Fsp3) is 0.600. The van der Waals surface area contributed by atoms with E-state index in [4.69, 9.17) is 11.6 Å². The highest BCUT2D eigenvalue weighted by atomic mass is 35.5. The number of hydrogen-bond acceptors (Lipinski definition) is 2. The lowest BCUT2D eigenvalue weighted by atomic mass is 9.91. The normalized spacial score (nSPS) is 31.6. The zero-order valence-electron chi connectivity index (χ0n) is 11.4. The molecule has 0 bridgehead atoms. The van der Waals surface area contributed by atoms with Gasteiger partial charge in [-0.15, -0.1) is 0 Å². The zero-order chi connectivity index (χ0) is 13.6. The highest BCUT2D eigenvalue weighted by Crippen LogP contribution is 2.42. The van der Waals surface area contributed by atoms with Crippen molar-refractivity contribution in [2.45, 2.75) is 38.3 Å². The molecule has 1 N–H and O–H groups in total. The molecule has 2 unspecified atom stereocenters. The van der Waals surface area contributed by atoms with Gasteiger partial charge >= 0.3 is 0 Å². The molecule has 1 aliphatic carbocycles. The van der Waals surface area contributed by atoms with E-state index in [0.717, 1.165) is 19.0 Å². The van der Waals surface area contributed by atoms with E-state index in [1.807, 2.05) is 12.1 Å². The lowest BCUT2D eigenvalue weighted by molar-refractivity contribution is 0.259. The molecule has 0 amide bonds. The Hall–Kier alpha value is -0.800. The van der Waals surface area contributed by atoms with Gasteiger partial charge < -0.3 is 10.2 Å². The van der Waals surface area contributed by atoms with Gasteiger partial charge in [0.15, 0.2) is 5.82 Å². The van der Waals surface area contributed by atoms with Gasteiger partial charge in [-0.25, -0.2) is 4.39 Å². The molecule has 0 radical (unpaired) electrons. The fourth-order valence-corrected chi connectivity index (χ4v) is 3.26. The van der Waals surface area contributed by atoms with Crippen molar-refractivity contribution in [2.24, 2.45) is 5.92 Å². The molecule has 104 valence electrons. The van der Waals surface area contributed by atoms with Gasteiger partial charge in [0.1, 0.15) is 0 Å². The maximum absolute atomic E-state index is 14.2. The molecule has 0 spiro atoms. The predicted octanol–water partition coefficient (Wildman–Crippen LogP) is 3.45. The molecule has 19 heavy (non-hydrogen) atoms. The van der Waals surface area contributed by atoms with Crippen LogP contribution in [0.15, 0.2) is 18.2 Å². The molecule has 1 saturated heterocycles. The number of anilines is 1. The van der Waals surface area contributed by atoms with E-state index in [2.05, 4.69) is 24.1 Å². The number of nitrogens with one attached hydrogen (secondary N) is 1. The molecular weight excluding hydrogens is 263 g/mol. The summed E-state index contributed by atoms with van der Waals surface area (Å²) in [5.74, 6) is 0.431. The molecular formula is C15H20ClFN2. The molecule has 1 heterocycles. The highest BCUT2D eigenvalue weighted by Gasteiger charge is 2.45. The molecule has 4 heteroatoms. The van der Waals surface area contributed by atoms with Gasteiger partial charge in [0, 0.05) is 24.7 Å². The summed E-state index contributed by atoms with van der Waals surface area (Å²) in [7, 11) is 0. The average Bonchev–Trinajstić information content (AvgIpc) is 3.21. The molecule has 1 aromatic rings. The Bertz CT molecular complexity index is 489. The largest absolute Gasteiger partial charge is 0.363 e. The number of benzene rings is 1. The van der Waals surface area contributed by atoms with E-state index in [0.29, 0.717) is 5.69 Å². The first kappa shape index (κ1) is 13.2. The van der Waals surface area contributed by atoms with Crippen molar-refractivity contribution in [3.8, 4) is 0 Å². The Labute approximate surface area is 118 Å². The maximum Gasteiger partial charge on any atom is 0.165 e. The van der Waals surface area contributed by atoms with Crippen LogP contribution < -0.4 is 10.2 Å². The van der Waals surface area contributed by atoms with Gasteiger partial charge in [-0.3, -0.25) is 0 Å². The van der Waals surface area contributed by atoms with Crippen LogP contribution in [0.4, 0.5) is 10.1 Å². The van der Waals surface area contributed by atoms with Crippen LogP contribution >= 0.6 is 11.6 Å². The topological polar surface area (TPSA) is 15.3 Å². The summed E-state index contributed by atoms with van der Waals surface area (Å²) < 4.78 is 14.2. The predicted molar refractivity (Wildman–Crippen MR) is 77.3 cm³/mol. The average molecular weight is 283 g/mol.